The molecule has 0 saturated heterocycles. The average molecular weight is 834 g/mol. The van der Waals surface area contributed by atoms with Crippen molar-refractivity contribution in [2.75, 3.05) is 4.90 Å². The van der Waals surface area contributed by atoms with Crippen LogP contribution in [0, 0.1) is 0 Å². The highest BCUT2D eigenvalue weighted by Crippen LogP contribution is 2.56. The molecular formula is C61H43NOSi. The van der Waals surface area contributed by atoms with Gasteiger partial charge in [0, 0.05) is 28.2 Å². The number of rotatable bonds is 7. The van der Waals surface area contributed by atoms with Crippen LogP contribution in [0.5, 0.6) is 11.5 Å². The standard InChI is InChI=1S/C61H43NOSi/c1-5-19-44(20-6-1)45-33-38-49(39-34-45)62(48-21-7-2-8-22-48)50-40-35-46(36-41-50)47-37-42-58-56(43-47)61(53-27-13-16-30-57(53)63-58)54-28-14-17-31-59(54)64(51-23-9-3-10-24-51,52-25-11-4-12-26-52)60-32-18-15-29-55(60)61/h1-43H. The summed E-state index contributed by atoms with van der Waals surface area (Å²) in [6.07, 6.45) is 0. The molecule has 2 aliphatic rings. The van der Waals surface area contributed by atoms with Crippen molar-refractivity contribution in [3.05, 3.63) is 283 Å². The topological polar surface area (TPSA) is 12.5 Å². The van der Waals surface area contributed by atoms with Crippen LogP contribution in [-0.2, 0) is 5.41 Å². The first kappa shape index (κ1) is 37.8. The maximum absolute atomic E-state index is 6.94. The highest BCUT2D eigenvalue weighted by atomic mass is 28.3. The molecule has 2 heterocycles. The largest absolute Gasteiger partial charge is 0.457 e. The van der Waals surface area contributed by atoms with Crippen LogP contribution in [0.15, 0.2) is 261 Å². The van der Waals surface area contributed by atoms with Crippen LogP contribution < -0.4 is 30.4 Å². The van der Waals surface area contributed by atoms with Crippen LogP contribution in [0.25, 0.3) is 22.3 Å². The number of benzene rings is 10. The Kier molecular flexibility index (Phi) is 9.10. The van der Waals surface area contributed by atoms with Crippen LogP contribution in [0.2, 0.25) is 0 Å². The van der Waals surface area contributed by atoms with Crippen molar-refractivity contribution in [2.45, 2.75) is 5.41 Å². The van der Waals surface area contributed by atoms with E-state index < -0.39 is 13.5 Å². The third kappa shape index (κ3) is 5.78. The van der Waals surface area contributed by atoms with E-state index in [-0.39, 0.29) is 0 Å². The SMILES string of the molecule is c1ccc(-c2ccc(N(c3ccccc3)c3ccc(-c4ccc5c(c4)C4(c6ccccc6O5)c5ccccc5[Si](c5ccccc5)(c5ccccc5)c5ccccc54)cc3)cc2)cc1. The van der Waals surface area contributed by atoms with Gasteiger partial charge in [0.2, 0.25) is 0 Å². The Morgan fingerprint density at radius 3 is 1.25 bits per heavy atom. The van der Waals surface area contributed by atoms with E-state index in [2.05, 4.69) is 266 Å². The van der Waals surface area contributed by atoms with Gasteiger partial charge in [-0.3, -0.25) is 0 Å². The summed E-state index contributed by atoms with van der Waals surface area (Å²) in [5.41, 5.74) is 12.3. The molecule has 0 fully saturated rings. The molecule has 1 spiro atoms. The molecule has 0 unspecified atom stereocenters. The normalized spacial score (nSPS) is 13.7. The van der Waals surface area contributed by atoms with Crippen molar-refractivity contribution in [3.8, 4) is 33.8 Å². The molecule has 0 radical (unpaired) electrons. The van der Waals surface area contributed by atoms with E-state index >= 15 is 0 Å². The Labute approximate surface area is 376 Å². The van der Waals surface area contributed by atoms with Gasteiger partial charge in [-0.05, 0) is 109 Å². The number of nitrogens with zero attached hydrogens (tertiary/aromatic N) is 1. The lowest BCUT2D eigenvalue weighted by Gasteiger charge is -2.51. The molecule has 302 valence electrons. The van der Waals surface area contributed by atoms with Crippen LogP contribution in [-0.4, -0.2) is 8.07 Å². The zero-order chi connectivity index (χ0) is 42.5. The number of hydrogen-bond acceptors (Lipinski definition) is 2. The van der Waals surface area contributed by atoms with Crippen LogP contribution in [0.3, 0.4) is 0 Å². The molecule has 0 aliphatic carbocycles. The molecule has 64 heavy (non-hydrogen) atoms. The summed E-state index contributed by atoms with van der Waals surface area (Å²) >= 11 is 0. The number of hydrogen-bond donors (Lipinski definition) is 0. The summed E-state index contributed by atoms with van der Waals surface area (Å²) in [6.45, 7) is 0. The van der Waals surface area contributed by atoms with E-state index in [1.54, 1.807) is 0 Å². The zero-order valence-corrected chi connectivity index (χ0v) is 36.2. The molecule has 0 saturated carbocycles. The molecule has 2 aliphatic heterocycles. The zero-order valence-electron chi connectivity index (χ0n) is 35.2. The summed E-state index contributed by atoms with van der Waals surface area (Å²) < 4.78 is 6.94. The molecule has 0 amide bonds. The number of para-hydroxylation sites is 2. The molecule has 0 N–H and O–H groups in total. The maximum Gasteiger partial charge on any atom is 0.180 e. The van der Waals surface area contributed by atoms with Gasteiger partial charge in [-0.1, -0.05) is 206 Å². The minimum Gasteiger partial charge on any atom is -0.457 e. The van der Waals surface area contributed by atoms with E-state index in [0.717, 1.165) is 50.8 Å². The number of ether oxygens (including phenoxy) is 1. The fourth-order valence-corrected chi connectivity index (χ4v) is 16.1. The van der Waals surface area contributed by atoms with Gasteiger partial charge in [0.1, 0.15) is 11.5 Å². The van der Waals surface area contributed by atoms with Crippen molar-refractivity contribution < 1.29 is 4.74 Å². The van der Waals surface area contributed by atoms with Crippen molar-refractivity contribution in [1.29, 1.82) is 0 Å². The lowest BCUT2D eigenvalue weighted by atomic mass is 9.63. The second-order valence-electron chi connectivity index (χ2n) is 16.8. The predicted molar refractivity (Wildman–Crippen MR) is 268 cm³/mol. The molecule has 2 nitrogen and oxygen atoms in total. The third-order valence-electron chi connectivity index (χ3n) is 13.5. The third-order valence-corrected chi connectivity index (χ3v) is 18.4. The highest BCUT2D eigenvalue weighted by molar-refractivity contribution is 7.20. The van der Waals surface area contributed by atoms with Gasteiger partial charge in [-0.25, -0.2) is 0 Å². The first-order valence-corrected chi connectivity index (χ1v) is 24.1. The Morgan fingerprint density at radius 1 is 0.297 bits per heavy atom. The molecule has 10 aromatic rings. The molecule has 0 aromatic heterocycles. The van der Waals surface area contributed by atoms with Crippen LogP contribution in [0.1, 0.15) is 22.3 Å². The number of fused-ring (bicyclic) bond motifs is 8. The minimum absolute atomic E-state index is 0.649. The van der Waals surface area contributed by atoms with Crippen LogP contribution >= 0.6 is 0 Å². The van der Waals surface area contributed by atoms with Crippen molar-refractivity contribution in [2.24, 2.45) is 0 Å². The quantitative estimate of drug-likeness (QED) is 0.148. The fraction of sp³-hybridized carbons (Fsp3) is 0.0164. The van der Waals surface area contributed by atoms with Gasteiger partial charge in [0.05, 0.1) is 5.41 Å². The average Bonchev–Trinajstić information content (AvgIpc) is 3.38. The van der Waals surface area contributed by atoms with Crippen LogP contribution in [0.4, 0.5) is 17.1 Å². The predicted octanol–water partition coefficient (Wildman–Crippen LogP) is 12.7. The van der Waals surface area contributed by atoms with E-state index in [9.17, 15) is 0 Å². The van der Waals surface area contributed by atoms with Gasteiger partial charge in [0.15, 0.2) is 8.07 Å². The highest BCUT2D eigenvalue weighted by Gasteiger charge is 2.57. The molecule has 0 bridgehead atoms. The number of anilines is 3. The lowest BCUT2D eigenvalue weighted by molar-refractivity contribution is 0.435. The summed E-state index contributed by atoms with van der Waals surface area (Å²) in [7, 11) is -2.85. The van der Waals surface area contributed by atoms with E-state index in [1.807, 2.05) is 0 Å². The Bertz CT molecular complexity index is 3190. The summed E-state index contributed by atoms with van der Waals surface area (Å²) in [5, 5.41) is 5.56. The Hall–Kier alpha value is -7.98. The van der Waals surface area contributed by atoms with E-state index in [4.69, 9.17) is 4.74 Å². The Morgan fingerprint density at radius 2 is 0.688 bits per heavy atom. The summed E-state index contributed by atoms with van der Waals surface area (Å²) in [6, 6.07) is 95.7. The second kappa shape index (κ2) is 15.4. The van der Waals surface area contributed by atoms with Gasteiger partial charge in [-0.15, -0.1) is 0 Å². The van der Waals surface area contributed by atoms with E-state index in [0.29, 0.717) is 0 Å². The first-order chi connectivity index (χ1) is 31.7. The molecule has 0 atom stereocenters. The van der Waals surface area contributed by atoms with Gasteiger partial charge < -0.3 is 9.64 Å². The smallest absolute Gasteiger partial charge is 0.180 e. The monoisotopic (exact) mass is 833 g/mol. The summed E-state index contributed by atoms with van der Waals surface area (Å²) in [5.74, 6) is 1.77. The summed E-state index contributed by atoms with van der Waals surface area (Å²) in [4.78, 5) is 2.33. The fourth-order valence-electron chi connectivity index (χ4n) is 10.8. The first-order valence-electron chi connectivity index (χ1n) is 22.1. The molecule has 3 heteroatoms. The molecular weight excluding hydrogens is 791 g/mol. The van der Waals surface area contributed by atoms with Crippen molar-refractivity contribution >= 4 is 45.9 Å². The molecule has 10 aromatic carbocycles. The minimum atomic E-state index is -2.85. The Balaban J connectivity index is 1.04. The van der Waals surface area contributed by atoms with Crippen molar-refractivity contribution in [3.63, 3.8) is 0 Å². The molecule has 12 rings (SSSR count). The lowest BCUT2D eigenvalue weighted by Crippen LogP contribution is -2.79. The van der Waals surface area contributed by atoms with Gasteiger partial charge >= 0.3 is 0 Å². The van der Waals surface area contributed by atoms with Gasteiger partial charge in [0.25, 0.3) is 0 Å². The van der Waals surface area contributed by atoms with E-state index in [1.165, 1.54) is 43.0 Å². The second-order valence-corrected chi connectivity index (χ2v) is 20.5. The van der Waals surface area contributed by atoms with Gasteiger partial charge in [-0.2, -0.15) is 0 Å². The van der Waals surface area contributed by atoms with Crippen molar-refractivity contribution in [1.82, 2.24) is 0 Å². The maximum atomic E-state index is 6.94.